The van der Waals surface area contributed by atoms with Crippen molar-refractivity contribution in [2.24, 2.45) is 5.73 Å². The molecule has 0 heterocycles. The molecule has 0 aliphatic heterocycles. The molecule has 5 nitrogen and oxygen atoms in total. The number of benzene rings is 1. The van der Waals surface area contributed by atoms with Crippen LogP contribution in [0.25, 0.3) is 0 Å². The first-order valence-electron chi connectivity index (χ1n) is 4.68. The number of aliphatic carboxylic acids is 1. The number of carboxylic acids is 1. The zero-order valence-corrected chi connectivity index (χ0v) is 8.84. The Labute approximate surface area is 92.8 Å². The van der Waals surface area contributed by atoms with Crippen molar-refractivity contribution in [1.29, 1.82) is 0 Å². The standard InChI is InChI=1S/C11H13NO4/c1-16-9(13)6-7-2-4-8(5-3-7)10(12)11(14)15/h2-5,10H,6,12H2,1H3,(H,14,15)/t10-/m1/s1. The van der Waals surface area contributed by atoms with Gasteiger partial charge in [-0.2, -0.15) is 0 Å². The van der Waals surface area contributed by atoms with Gasteiger partial charge >= 0.3 is 11.9 Å². The quantitative estimate of drug-likeness (QED) is 0.725. The van der Waals surface area contributed by atoms with Crippen molar-refractivity contribution in [2.75, 3.05) is 7.11 Å². The van der Waals surface area contributed by atoms with Gasteiger partial charge in [0.2, 0.25) is 0 Å². The van der Waals surface area contributed by atoms with Crippen molar-refractivity contribution >= 4 is 11.9 Å². The number of carboxylic acid groups (broad SMARTS) is 1. The Kier molecular flexibility index (Phi) is 4.02. The van der Waals surface area contributed by atoms with E-state index in [1.54, 1.807) is 24.3 Å². The molecule has 86 valence electrons. The number of rotatable bonds is 4. The molecule has 0 aromatic heterocycles. The zero-order valence-electron chi connectivity index (χ0n) is 8.84. The van der Waals surface area contributed by atoms with Crippen LogP contribution in [0.4, 0.5) is 0 Å². The molecule has 3 N–H and O–H groups in total. The summed E-state index contributed by atoms with van der Waals surface area (Å²) in [5.74, 6) is -1.42. The summed E-state index contributed by atoms with van der Waals surface area (Å²) in [5, 5.41) is 8.69. The maximum Gasteiger partial charge on any atom is 0.325 e. The lowest BCUT2D eigenvalue weighted by atomic mass is 10.0. The van der Waals surface area contributed by atoms with Crippen LogP contribution in [0.5, 0.6) is 0 Å². The highest BCUT2D eigenvalue weighted by molar-refractivity contribution is 5.75. The molecule has 1 aromatic carbocycles. The van der Waals surface area contributed by atoms with Crippen molar-refractivity contribution in [1.82, 2.24) is 0 Å². The summed E-state index contributed by atoms with van der Waals surface area (Å²) in [6.07, 6.45) is 0.166. The minimum absolute atomic E-state index is 0.166. The SMILES string of the molecule is COC(=O)Cc1ccc([C@@H](N)C(=O)O)cc1. The molecular formula is C11H13NO4. The van der Waals surface area contributed by atoms with Crippen molar-refractivity contribution in [3.63, 3.8) is 0 Å². The minimum atomic E-state index is -1.08. The lowest BCUT2D eigenvalue weighted by Crippen LogP contribution is -2.20. The summed E-state index contributed by atoms with van der Waals surface area (Å²) in [5.41, 5.74) is 6.68. The van der Waals surface area contributed by atoms with Gasteiger partial charge in [0.1, 0.15) is 6.04 Å². The van der Waals surface area contributed by atoms with Gasteiger partial charge in [-0.15, -0.1) is 0 Å². The number of hydrogen-bond donors (Lipinski definition) is 2. The third kappa shape index (κ3) is 3.06. The van der Waals surface area contributed by atoms with Crippen molar-refractivity contribution in [3.05, 3.63) is 35.4 Å². The van der Waals surface area contributed by atoms with Gasteiger partial charge in [-0.25, -0.2) is 0 Å². The molecule has 0 fully saturated rings. The van der Waals surface area contributed by atoms with Crippen LogP contribution < -0.4 is 5.73 Å². The predicted molar refractivity (Wildman–Crippen MR) is 56.7 cm³/mol. The monoisotopic (exact) mass is 223 g/mol. The average molecular weight is 223 g/mol. The third-order valence-electron chi connectivity index (χ3n) is 2.18. The molecule has 0 amide bonds. The maximum atomic E-state index is 11.0. The minimum Gasteiger partial charge on any atom is -0.480 e. The van der Waals surface area contributed by atoms with E-state index in [4.69, 9.17) is 10.8 Å². The van der Waals surface area contributed by atoms with E-state index in [0.717, 1.165) is 5.56 Å². The fraction of sp³-hybridized carbons (Fsp3) is 0.273. The number of carbonyl (C=O) groups is 2. The van der Waals surface area contributed by atoms with Crippen LogP contribution in [-0.4, -0.2) is 24.2 Å². The summed E-state index contributed by atoms with van der Waals surface area (Å²) in [4.78, 5) is 21.6. The first-order valence-corrected chi connectivity index (χ1v) is 4.68. The molecule has 0 unspecified atom stereocenters. The smallest absolute Gasteiger partial charge is 0.325 e. The van der Waals surface area contributed by atoms with Gasteiger partial charge < -0.3 is 15.6 Å². The predicted octanol–water partition coefficient (Wildman–Crippen LogP) is 0.486. The van der Waals surface area contributed by atoms with Gasteiger partial charge in [0.15, 0.2) is 0 Å². The molecule has 0 saturated heterocycles. The van der Waals surface area contributed by atoms with E-state index in [0.29, 0.717) is 5.56 Å². The lowest BCUT2D eigenvalue weighted by molar-refractivity contribution is -0.140. The summed E-state index contributed by atoms with van der Waals surface area (Å²) in [7, 11) is 1.32. The molecule has 0 radical (unpaired) electrons. The molecule has 5 heteroatoms. The van der Waals surface area contributed by atoms with E-state index in [2.05, 4.69) is 4.74 Å². The molecular weight excluding hydrogens is 210 g/mol. The Morgan fingerprint density at radius 3 is 2.38 bits per heavy atom. The highest BCUT2D eigenvalue weighted by Crippen LogP contribution is 2.12. The number of hydrogen-bond acceptors (Lipinski definition) is 4. The van der Waals surface area contributed by atoms with Crippen LogP contribution in [0.15, 0.2) is 24.3 Å². The van der Waals surface area contributed by atoms with E-state index in [1.807, 2.05) is 0 Å². The summed E-state index contributed by atoms with van der Waals surface area (Å²) < 4.78 is 4.51. The van der Waals surface area contributed by atoms with Crippen molar-refractivity contribution in [2.45, 2.75) is 12.5 Å². The highest BCUT2D eigenvalue weighted by Gasteiger charge is 2.13. The second-order valence-electron chi connectivity index (χ2n) is 3.31. The molecule has 1 aromatic rings. The molecule has 0 aliphatic rings. The Bertz CT molecular complexity index is 385. The Balaban J connectivity index is 2.75. The maximum absolute atomic E-state index is 11.0. The van der Waals surface area contributed by atoms with Crippen LogP contribution >= 0.6 is 0 Å². The van der Waals surface area contributed by atoms with E-state index < -0.39 is 12.0 Å². The third-order valence-corrected chi connectivity index (χ3v) is 2.18. The van der Waals surface area contributed by atoms with Crippen LogP contribution in [0.1, 0.15) is 17.2 Å². The second-order valence-corrected chi connectivity index (χ2v) is 3.31. The number of ether oxygens (including phenoxy) is 1. The van der Waals surface area contributed by atoms with Gasteiger partial charge in [0.05, 0.1) is 13.5 Å². The summed E-state index contributed by atoms with van der Waals surface area (Å²) in [6.45, 7) is 0. The topological polar surface area (TPSA) is 89.6 Å². The van der Waals surface area contributed by atoms with Crippen LogP contribution in [-0.2, 0) is 20.7 Å². The number of methoxy groups -OCH3 is 1. The van der Waals surface area contributed by atoms with Crippen LogP contribution in [0.2, 0.25) is 0 Å². The fourth-order valence-corrected chi connectivity index (χ4v) is 1.22. The Morgan fingerprint density at radius 1 is 1.38 bits per heavy atom. The number of carbonyl (C=O) groups excluding carboxylic acids is 1. The average Bonchev–Trinajstić information content (AvgIpc) is 2.28. The first-order chi connectivity index (χ1) is 7.54. The van der Waals surface area contributed by atoms with Crippen molar-refractivity contribution < 1.29 is 19.4 Å². The van der Waals surface area contributed by atoms with E-state index in [-0.39, 0.29) is 12.4 Å². The van der Waals surface area contributed by atoms with Crippen LogP contribution in [0, 0.1) is 0 Å². The molecule has 0 bridgehead atoms. The normalized spacial score (nSPS) is 11.9. The van der Waals surface area contributed by atoms with Gasteiger partial charge in [0, 0.05) is 0 Å². The fourth-order valence-electron chi connectivity index (χ4n) is 1.22. The first kappa shape index (κ1) is 12.2. The molecule has 1 atom stereocenters. The molecule has 0 saturated carbocycles. The zero-order chi connectivity index (χ0) is 12.1. The summed E-state index contributed by atoms with van der Waals surface area (Å²) in [6, 6.07) is 5.48. The molecule has 0 spiro atoms. The number of nitrogens with two attached hydrogens (primary N) is 1. The molecule has 16 heavy (non-hydrogen) atoms. The molecule has 1 rings (SSSR count). The summed E-state index contributed by atoms with van der Waals surface area (Å²) >= 11 is 0. The largest absolute Gasteiger partial charge is 0.480 e. The van der Waals surface area contributed by atoms with Crippen molar-refractivity contribution in [3.8, 4) is 0 Å². The van der Waals surface area contributed by atoms with Gasteiger partial charge in [0.25, 0.3) is 0 Å². The van der Waals surface area contributed by atoms with Gasteiger partial charge in [-0.05, 0) is 11.1 Å². The van der Waals surface area contributed by atoms with E-state index >= 15 is 0 Å². The Hall–Kier alpha value is -1.88. The van der Waals surface area contributed by atoms with E-state index in [1.165, 1.54) is 7.11 Å². The lowest BCUT2D eigenvalue weighted by Gasteiger charge is -2.07. The van der Waals surface area contributed by atoms with Gasteiger partial charge in [-0.1, -0.05) is 24.3 Å². The van der Waals surface area contributed by atoms with E-state index in [9.17, 15) is 9.59 Å². The van der Waals surface area contributed by atoms with Gasteiger partial charge in [-0.3, -0.25) is 9.59 Å². The Morgan fingerprint density at radius 2 is 1.94 bits per heavy atom. The number of esters is 1. The van der Waals surface area contributed by atoms with Crippen LogP contribution in [0.3, 0.4) is 0 Å². The highest BCUT2D eigenvalue weighted by atomic mass is 16.5. The molecule has 0 aliphatic carbocycles. The second kappa shape index (κ2) is 5.27.